The molecule has 1 aliphatic heterocycles. The third kappa shape index (κ3) is 2.53. The summed E-state index contributed by atoms with van der Waals surface area (Å²) in [6.07, 6.45) is 3.09. The van der Waals surface area contributed by atoms with Crippen LogP contribution in [0.25, 0.3) is 4.96 Å². The van der Waals surface area contributed by atoms with E-state index in [0.717, 1.165) is 10.7 Å². The second-order valence-electron chi connectivity index (χ2n) is 5.25. The lowest BCUT2D eigenvalue weighted by Gasteiger charge is -2.30. The van der Waals surface area contributed by atoms with Crippen LogP contribution in [0.5, 0.6) is 0 Å². The average Bonchev–Trinajstić information content (AvgIpc) is 3.08. The summed E-state index contributed by atoms with van der Waals surface area (Å²) in [6, 6.07) is 0. The number of aryl methyl sites for hydroxylation is 1. The minimum Gasteiger partial charge on any atom is -0.469 e. The molecule has 0 atom stereocenters. The lowest BCUT2D eigenvalue weighted by Crippen LogP contribution is -2.40. The monoisotopic (exact) mass is 307 g/mol. The number of methoxy groups -OCH3 is 1. The molecular weight excluding hydrogens is 290 g/mol. The van der Waals surface area contributed by atoms with Crippen LogP contribution < -0.4 is 0 Å². The third-order valence-corrected chi connectivity index (χ3v) is 4.88. The summed E-state index contributed by atoms with van der Waals surface area (Å²) in [7, 11) is 1.40. The van der Waals surface area contributed by atoms with E-state index in [9.17, 15) is 9.59 Å². The topological polar surface area (TPSA) is 63.9 Å². The Morgan fingerprint density at radius 2 is 2.10 bits per heavy atom. The van der Waals surface area contributed by atoms with Gasteiger partial charge in [-0.05, 0) is 19.8 Å². The van der Waals surface area contributed by atoms with Crippen molar-refractivity contribution in [3.8, 4) is 0 Å². The van der Waals surface area contributed by atoms with E-state index in [1.54, 1.807) is 11.1 Å². The maximum absolute atomic E-state index is 12.5. The maximum Gasteiger partial charge on any atom is 0.308 e. The number of hydrogen-bond acceptors (Lipinski definition) is 5. The number of piperidine rings is 1. The molecular formula is C14H17N3O3S. The quantitative estimate of drug-likeness (QED) is 0.793. The Balaban J connectivity index is 1.70. The number of hydrogen-bond donors (Lipinski definition) is 0. The molecule has 2 aromatic rings. The number of aromatic nitrogens is 2. The van der Waals surface area contributed by atoms with Crippen molar-refractivity contribution in [1.29, 1.82) is 0 Å². The van der Waals surface area contributed by atoms with Gasteiger partial charge in [-0.15, -0.1) is 11.3 Å². The summed E-state index contributed by atoms with van der Waals surface area (Å²) in [5.74, 6) is -0.333. The average molecular weight is 307 g/mol. The molecule has 0 spiro atoms. The van der Waals surface area contributed by atoms with Crippen molar-refractivity contribution in [2.75, 3.05) is 20.2 Å². The van der Waals surface area contributed by atoms with Crippen molar-refractivity contribution in [1.82, 2.24) is 14.3 Å². The van der Waals surface area contributed by atoms with Crippen LogP contribution >= 0.6 is 11.3 Å². The van der Waals surface area contributed by atoms with Crippen molar-refractivity contribution in [3.05, 3.63) is 23.0 Å². The fraction of sp³-hybridized carbons (Fsp3) is 0.500. The molecule has 0 radical (unpaired) electrons. The molecule has 7 heteroatoms. The van der Waals surface area contributed by atoms with Gasteiger partial charge in [0.1, 0.15) is 5.69 Å². The minimum absolute atomic E-state index is 0.0615. The van der Waals surface area contributed by atoms with Crippen LogP contribution in [0.1, 0.15) is 29.0 Å². The number of esters is 1. The molecule has 0 aliphatic carbocycles. The van der Waals surface area contributed by atoms with Crippen LogP contribution in [-0.4, -0.2) is 46.4 Å². The van der Waals surface area contributed by atoms with Crippen LogP contribution in [0.2, 0.25) is 0 Å². The summed E-state index contributed by atoms with van der Waals surface area (Å²) >= 11 is 1.53. The lowest BCUT2D eigenvalue weighted by molar-refractivity contribution is -0.146. The number of ether oxygens (including phenoxy) is 1. The summed E-state index contributed by atoms with van der Waals surface area (Å²) in [5.41, 5.74) is 1.55. The molecule has 1 fully saturated rings. The number of carbonyl (C=O) groups is 2. The molecule has 3 rings (SSSR count). The van der Waals surface area contributed by atoms with Gasteiger partial charge < -0.3 is 9.64 Å². The first-order valence-electron chi connectivity index (χ1n) is 6.90. The Morgan fingerprint density at radius 3 is 2.71 bits per heavy atom. The first-order valence-corrected chi connectivity index (χ1v) is 7.78. The Morgan fingerprint density at radius 1 is 1.38 bits per heavy atom. The van der Waals surface area contributed by atoms with Crippen LogP contribution in [0.3, 0.4) is 0 Å². The zero-order valence-corrected chi connectivity index (χ0v) is 12.9. The number of carbonyl (C=O) groups excluding carboxylic acids is 2. The molecule has 0 bridgehead atoms. The molecule has 21 heavy (non-hydrogen) atoms. The van der Waals surface area contributed by atoms with Crippen molar-refractivity contribution in [2.45, 2.75) is 19.8 Å². The Bertz CT molecular complexity index is 683. The highest BCUT2D eigenvalue weighted by Crippen LogP contribution is 2.21. The van der Waals surface area contributed by atoms with Gasteiger partial charge >= 0.3 is 5.97 Å². The number of imidazole rings is 1. The Hall–Kier alpha value is -1.89. The molecule has 0 unspecified atom stereocenters. The fourth-order valence-corrected chi connectivity index (χ4v) is 3.49. The molecule has 0 saturated carbocycles. The van der Waals surface area contributed by atoms with Crippen molar-refractivity contribution in [2.24, 2.45) is 5.92 Å². The predicted octanol–water partition coefficient (Wildman–Crippen LogP) is 1.73. The van der Waals surface area contributed by atoms with Gasteiger partial charge in [0.05, 0.1) is 13.0 Å². The number of fused-ring (bicyclic) bond motifs is 1. The van der Waals surface area contributed by atoms with E-state index < -0.39 is 0 Å². The molecule has 2 aromatic heterocycles. The van der Waals surface area contributed by atoms with Crippen LogP contribution in [0, 0.1) is 12.8 Å². The number of likely N-dealkylation sites (tertiary alicyclic amines) is 1. The van der Waals surface area contributed by atoms with E-state index in [1.165, 1.54) is 18.4 Å². The van der Waals surface area contributed by atoms with Gasteiger partial charge in [0.2, 0.25) is 0 Å². The Kier molecular flexibility index (Phi) is 3.67. The van der Waals surface area contributed by atoms with Gasteiger partial charge in [-0.1, -0.05) is 0 Å². The predicted molar refractivity (Wildman–Crippen MR) is 78.4 cm³/mol. The minimum atomic E-state index is -0.180. The van der Waals surface area contributed by atoms with Gasteiger partial charge in [0, 0.05) is 30.4 Å². The van der Waals surface area contributed by atoms with Gasteiger partial charge in [-0.2, -0.15) is 0 Å². The number of nitrogens with zero attached hydrogens (tertiary/aromatic N) is 3. The summed E-state index contributed by atoms with van der Waals surface area (Å²) in [6.45, 7) is 3.13. The first-order chi connectivity index (χ1) is 10.1. The summed E-state index contributed by atoms with van der Waals surface area (Å²) < 4.78 is 6.69. The van der Waals surface area contributed by atoms with Crippen molar-refractivity contribution < 1.29 is 14.3 Å². The zero-order valence-electron chi connectivity index (χ0n) is 12.0. The highest BCUT2D eigenvalue weighted by Gasteiger charge is 2.29. The second-order valence-corrected chi connectivity index (χ2v) is 6.08. The number of rotatable bonds is 2. The lowest BCUT2D eigenvalue weighted by atomic mass is 9.97. The van der Waals surface area contributed by atoms with Gasteiger partial charge in [-0.3, -0.25) is 14.0 Å². The normalized spacial score (nSPS) is 16.4. The smallest absolute Gasteiger partial charge is 0.308 e. The van der Waals surface area contributed by atoms with Gasteiger partial charge in [0.15, 0.2) is 4.96 Å². The second kappa shape index (κ2) is 5.48. The SMILES string of the molecule is COC(=O)C1CCN(C(=O)c2cn3c(C)csc3n2)CC1. The van der Waals surface area contributed by atoms with E-state index in [2.05, 4.69) is 4.98 Å². The summed E-state index contributed by atoms with van der Waals surface area (Å²) in [5, 5.41) is 2.01. The van der Waals surface area contributed by atoms with Gasteiger partial charge in [-0.25, -0.2) is 4.98 Å². The fourth-order valence-electron chi connectivity index (χ4n) is 2.64. The van der Waals surface area contributed by atoms with E-state index >= 15 is 0 Å². The largest absolute Gasteiger partial charge is 0.469 e. The Labute approximate surface area is 126 Å². The van der Waals surface area contributed by atoms with Crippen molar-refractivity contribution >= 4 is 28.2 Å². The molecule has 1 amide bonds. The molecule has 112 valence electrons. The highest BCUT2D eigenvalue weighted by atomic mass is 32.1. The summed E-state index contributed by atoms with van der Waals surface area (Å²) in [4.78, 5) is 30.9. The standard InChI is InChI=1S/C14H17N3O3S/c1-9-8-21-14-15-11(7-17(9)14)12(18)16-5-3-10(4-6-16)13(19)20-2/h7-8,10H,3-6H2,1-2H3. The van der Waals surface area contributed by atoms with Crippen LogP contribution in [-0.2, 0) is 9.53 Å². The molecule has 0 N–H and O–H groups in total. The van der Waals surface area contributed by atoms with Crippen molar-refractivity contribution in [3.63, 3.8) is 0 Å². The molecule has 3 heterocycles. The van der Waals surface area contributed by atoms with E-state index in [4.69, 9.17) is 4.74 Å². The number of thiazole rings is 1. The van der Waals surface area contributed by atoms with E-state index in [-0.39, 0.29) is 17.8 Å². The first kappa shape index (κ1) is 14.1. The highest BCUT2D eigenvalue weighted by molar-refractivity contribution is 7.15. The molecule has 1 aliphatic rings. The molecule has 0 aromatic carbocycles. The third-order valence-electron chi connectivity index (χ3n) is 3.92. The molecule has 6 nitrogen and oxygen atoms in total. The molecule has 1 saturated heterocycles. The van der Waals surface area contributed by atoms with Crippen LogP contribution in [0.15, 0.2) is 11.6 Å². The maximum atomic E-state index is 12.5. The number of amides is 1. The van der Waals surface area contributed by atoms with E-state index in [1.807, 2.05) is 16.7 Å². The van der Waals surface area contributed by atoms with E-state index in [0.29, 0.717) is 31.6 Å². The van der Waals surface area contributed by atoms with Crippen LogP contribution in [0.4, 0.5) is 0 Å². The zero-order chi connectivity index (χ0) is 15.0. The van der Waals surface area contributed by atoms with Gasteiger partial charge in [0.25, 0.3) is 5.91 Å².